The molecule has 0 saturated carbocycles. The maximum absolute atomic E-state index is 10.1. The van der Waals surface area contributed by atoms with Crippen molar-refractivity contribution in [2.24, 2.45) is 5.92 Å². The minimum atomic E-state index is 0. The van der Waals surface area contributed by atoms with E-state index >= 15 is 0 Å². The number of carbonyl (C=O) groups excluding carboxylic acids is 1. The minimum absolute atomic E-state index is 0. The molecular formula is C12H30O. The van der Waals surface area contributed by atoms with Gasteiger partial charge in [-0.2, -0.15) is 0 Å². The maximum Gasteiger partial charge on any atom is 0.132 e. The zero-order chi connectivity index (χ0) is 11.9. The molecule has 0 aliphatic rings. The van der Waals surface area contributed by atoms with Crippen LogP contribution in [0.15, 0.2) is 13.2 Å². The molecule has 84 valence electrons. The monoisotopic (exact) mass is 190 g/mol. The molecule has 0 unspecified atom stereocenters. The van der Waals surface area contributed by atoms with Crippen molar-refractivity contribution in [1.29, 1.82) is 0 Å². The van der Waals surface area contributed by atoms with Gasteiger partial charge in [-0.25, -0.2) is 0 Å². The molecule has 0 heterocycles. The van der Waals surface area contributed by atoms with Crippen molar-refractivity contribution in [3.05, 3.63) is 13.2 Å². The fourth-order valence-corrected chi connectivity index (χ4v) is 0. The molecule has 0 aliphatic heterocycles. The molecule has 0 aromatic heterocycles. The van der Waals surface area contributed by atoms with Crippen LogP contribution in [-0.4, -0.2) is 5.78 Å². The fourth-order valence-electron chi connectivity index (χ4n) is 0. The van der Waals surface area contributed by atoms with E-state index in [1.807, 2.05) is 27.7 Å². The first-order valence-electron chi connectivity index (χ1n) is 5.06. The van der Waals surface area contributed by atoms with Crippen LogP contribution in [0.5, 0.6) is 0 Å². The standard InChI is InChI=1S/C5H10O.C3H8.C2H6.C2H4.H2/c1-4(2)5(3)6;1-3-2;2*1-2;/h4H,1-3H3;3H2,1-2H3;1-2H3;1-2H2;1H. The van der Waals surface area contributed by atoms with Gasteiger partial charge >= 0.3 is 0 Å². The highest BCUT2D eigenvalue weighted by Crippen LogP contribution is 1.89. The van der Waals surface area contributed by atoms with Crippen LogP contribution in [-0.2, 0) is 4.79 Å². The van der Waals surface area contributed by atoms with E-state index in [0.29, 0.717) is 0 Å². The molecule has 0 aromatic carbocycles. The van der Waals surface area contributed by atoms with E-state index in [2.05, 4.69) is 27.0 Å². The predicted octanol–water partition coefficient (Wildman–Crippen LogP) is 4.72. The lowest BCUT2D eigenvalue weighted by Gasteiger charge is -1.90. The van der Waals surface area contributed by atoms with Crippen LogP contribution in [0.4, 0.5) is 0 Å². The van der Waals surface area contributed by atoms with Crippen LogP contribution in [0.3, 0.4) is 0 Å². The molecule has 0 aromatic rings. The first-order chi connectivity index (χ1) is 6.06. The topological polar surface area (TPSA) is 17.1 Å². The molecule has 13 heavy (non-hydrogen) atoms. The number of carbonyl (C=O) groups is 1. The maximum atomic E-state index is 10.1. The molecule has 0 aliphatic carbocycles. The summed E-state index contributed by atoms with van der Waals surface area (Å²) in [7, 11) is 0. The molecule has 0 saturated heterocycles. The van der Waals surface area contributed by atoms with Gasteiger partial charge < -0.3 is 0 Å². The fraction of sp³-hybridized carbons (Fsp3) is 0.750. The third-order valence-corrected chi connectivity index (χ3v) is 0.813. The van der Waals surface area contributed by atoms with Gasteiger partial charge in [-0.1, -0.05) is 48.0 Å². The highest BCUT2D eigenvalue weighted by Gasteiger charge is 1.94. The second-order valence-electron chi connectivity index (χ2n) is 2.47. The van der Waals surface area contributed by atoms with E-state index in [0.717, 1.165) is 0 Å². The first-order valence-corrected chi connectivity index (χ1v) is 5.06. The Bertz CT molecular complexity index is 80.4. The summed E-state index contributed by atoms with van der Waals surface area (Å²) in [5.41, 5.74) is 0. The van der Waals surface area contributed by atoms with Gasteiger partial charge in [-0.05, 0) is 6.92 Å². The van der Waals surface area contributed by atoms with E-state index in [1.165, 1.54) is 6.42 Å². The molecule has 0 fully saturated rings. The normalized spacial score (nSPS) is 6.46. The van der Waals surface area contributed by atoms with Crippen molar-refractivity contribution in [2.45, 2.75) is 54.9 Å². The number of hydrogen-bond donors (Lipinski definition) is 0. The average molecular weight is 190 g/mol. The van der Waals surface area contributed by atoms with Gasteiger partial charge in [0.15, 0.2) is 0 Å². The molecule has 1 heteroatoms. The Kier molecular flexibility index (Phi) is 52.9. The number of ketones is 1. The summed E-state index contributed by atoms with van der Waals surface area (Å²) < 4.78 is 0. The van der Waals surface area contributed by atoms with Crippen molar-refractivity contribution in [1.82, 2.24) is 0 Å². The van der Waals surface area contributed by atoms with E-state index < -0.39 is 0 Å². The predicted molar refractivity (Wildman–Crippen MR) is 66.2 cm³/mol. The Morgan fingerprint density at radius 2 is 1.31 bits per heavy atom. The Labute approximate surface area is 86.7 Å². The Morgan fingerprint density at radius 1 is 1.23 bits per heavy atom. The molecular weight excluding hydrogens is 160 g/mol. The summed E-state index contributed by atoms with van der Waals surface area (Å²) in [5.74, 6) is 0.472. The lowest BCUT2D eigenvalue weighted by Crippen LogP contribution is -1.98. The van der Waals surface area contributed by atoms with Crippen LogP contribution in [0, 0.1) is 5.92 Å². The zero-order valence-corrected chi connectivity index (χ0v) is 10.6. The molecule has 1 nitrogen and oxygen atoms in total. The smallest absolute Gasteiger partial charge is 0.132 e. The second-order valence-corrected chi connectivity index (χ2v) is 2.47. The van der Waals surface area contributed by atoms with Crippen LogP contribution >= 0.6 is 0 Å². The minimum Gasteiger partial charge on any atom is -0.300 e. The summed E-state index contributed by atoms with van der Waals surface area (Å²) >= 11 is 0. The van der Waals surface area contributed by atoms with Gasteiger partial charge in [0.1, 0.15) is 5.78 Å². The van der Waals surface area contributed by atoms with Crippen LogP contribution in [0.25, 0.3) is 0 Å². The van der Waals surface area contributed by atoms with E-state index in [4.69, 9.17) is 0 Å². The van der Waals surface area contributed by atoms with Gasteiger partial charge in [-0.15, -0.1) is 13.2 Å². The highest BCUT2D eigenvalue weighted by atomic mass is 16.1. The SMILES string of the molecule is C=C.CC.CC(=O)C(C)C.CCC.[HH]. The third kappa shape index (κ3) is 86.9. The lowest BCUT2D eigenvalue weighted by molar-refractivity contribution is -0.119. The van der Waals surface area contributed by atoms with Crippen LogP contribution in [0.1, 0.15) is 56.3 Å². The summed E-state index contributed by atoms with van der Waals surface area (Å²) in [4.78, 5) is 10.1. The van der Waals surface area contributed by atoms with Crippen molar-refractivity contribution in [2.75, 3.05) is 0 Å². The van der Waals surface area contributed by atoms with Gasteiger partial charge in [0.2, 0.25) is 0 Å². The first kappa shape index (κ1) is 22.8. The number of hydrogen-bond acceptors (Lipinski definition) is 1. The zero-order valence-electron chi connectivity index (χ0n) is 10.6. The largest absolute Gasteiger partial charge is 0.300 e. The van der Waals surface area contributed by atoms with Crippen molar-refractivity contribution in [3.8, 4) is 0 Å². The molecule has 0 radical (unpaired) electrons. The average Bonchev–Trinajstić information content (AvgIpc) is 2.12. The van der Waals surface area contributed by atoms with Crippen molar-refractivity contribution < 1.29 is 6.22 Å². The van der Waals surface area contributed by atoms with E-state index in [-0.39, 0.29) is 13.1 Å². The molecule has 0 atom stereocenters. The van der Waals surface area contributed by atoms with Gasteiger partial charge in [0.25, 0.3) is 0 Å². The van der Waals surface area contributed by atoms with E-state index in [9.17, 15) is 4.79 Å². The van der Waals surface area contributed by atoms with Crippen LogP contribution < -0.4 is 0 Å². The second kappa shape index (κ2) is 30.1. The quantitative estimate of drug-likeness (QED) is 0.547. The Hall–Kier alpha value is -0.590. The van der Waals surface area contributed by atoms with Gasteiger partial charge in [0.05, 0.1) is 0 Å². The number of Topliss-reactive ketones (excluding diaryl/α,β-unsaturated/α-hetero) is 1. The summed E-state index contributed by atoms with van der Waals surface area (Å²) in [6.07, 6.45) is 1.25. The Balaban J connectivity index is -0.0000000292. The summed E-state index contributed by atoms with van der Waals surface area (Å²) in [5, 5.41) is 0. The lowest BCUT2D eigenvalue weighted by atomic mass is 10.1. The van der Waals surface area contributed by atoms with Crippen molar-refractivity contribution in [3.63, 3.8) is 0 Å². The number of rotatable bonds is 1. The summed E-state index contributed by atoms with van der Waals surface area (Å²) in [6, 6.07) is 0. The molecule has 0 bridgehead atoms. The highest BCUT2D eigenvalue weighted by molar-refractivity contribution is 5.77. The van der Waals surface area contributed by atoms with Crippen molar-refractivity contribution >= 4 is 5.78 Å². The molecule has 0 amide bonds. The molecule has 0 N–H and O–H groups in total. The molecule has 0 rings (SSSR count). The Morgan fingerprint density at radius 3 is 1.31 bits per heavy atom. The van der Waals surface area contributed by atoms with Crippen LogP contribution in [0.2, 0.25) is 0 Å². The molecule has 0 spiro atoms. The third-order valence-electron chi connectivity index (χ3n) is 0.813. The van der Waals surface area contributed by atoms with Gasteiger partial charge in [-0.3, -0.25) is 4.79 Å². The van der Waals surface area contributed by atoms with E-state index in [1.54, 1.807) is 6.92 Å². The summed E-state index contributed by atoms with van der Waals surface area (Å²) in [6.45, 7) is 19.6. The van der Waals surface area contributed by atoms with Gasteiger partial charge in [0, 0.05) is 7.34 Å².